The van der Waals surface area contributed by atoms with Crippen LogP contribution < -0.4 is 5.32 Å². The smallest absolute Gasteiger partial charge is 0.318 e. The normalized spacial score (nSPS) is 13.2. The molecule has 1 aliphatic heterocycles. The van der Waals surface area contributed by atoms with Gasteiger partial charge in [-0.15, -0.1) is 0 Å². The Bertz CT molecular complexity index is 516. The van der Waals surface area contributed by atoms with E-state index >= 15 is 0 Å². The monoisotopic (exact) mass is 241 g/mol. The summed E-state index contributed by atoms with van der Waals surface area (Å²) in [6, 6.07) is 3.22. The molecule has 0 aliphatic carbocycles. The molecule has 1 aromatic rings. The van der Waals surface area contributed by atoms with Gasteiger partial charge in [0.05, 0.1) is 0 Å². The second-order valence-electron chi connectivity index (χ2n) is 3.47. The van der Waals surface area contributed by atoms with Crippen LogP contribution in [0.5, 0.6) is 0 Å². The number of nitrogens with zero attached hydrogens (tertiary/aromatic N) is 2. The minimum Gasteiger partial charge on any atom is -0.318 e. The highest BCUT2D eigenvalue weighted by atomic mass is 16.2. The van der Waals surface area contributed by atoms with Gasteiger partial charge in [0.1, 0.15) is 0 Å². The van der Waals surface area contributed by atoms with Crippen molar-refractivity contribution in [2.45, 2.75) is 0 Å². The number of aromatic nitrogens is 1. The first-order valence-electron chi connectivity index (χ1n) is 5.33. The topological polar surface area (TPSA) is 62.3 Å². The number of nitrogens with one attached hydrogen (secondary N) is 1. The fourth-order valence-electron chi connectivity index (χ4n) is 1.34. The molecule has 1 aromatic heterocycles. The van der Waals surface area contributed by atoms with Gasteiger partial charge in [0.15, 0.2) is 0 Å². The summed E-state index contributed by atoms with van der Waals surface area (Å²) in [4.78, 5) is 28.6. The van der Waals surface area contributed by atoms with Crippen molar-refractivity contribution in [3.05, 3.63) is 61.2 Å². The molecule has 0 unspecified atom stereocenters. The van der Waals surface area contributed by atoms with Crippen LogP contribution in [0, 0.1) is 0 Å². The third-order valence-electron chi connectivity index (χ3n) is 2.19. The number of anilines is 1. The van der Waals surface area contributed by atoms with Gasteiger partial charge in [-0.1, -0.05) is 12.2 Å². The number of allylic oxidation sites excluding steroid dienone is 4. The number of carbonyl (C=O) groups excluding carboxylic acids is 2. The Morgan fingerprint density at radius 3 is 2.22 bits per heavy atom. The molecule has 1 aliphatic rings. The van der Waals surface area contributed by atoms with Gasteiger partial charge < -0.3 is 5.32 Å². The van der Waals surface area contributed by atoms with Crippen LogP contribution in [0.25, 0.3) is 0 Å². The molecule has 2 heterocycles. The Kier molecular flexibility index (Phi) is 3.66. The van der Waals surface area contributed by atoms with E-state index in [1.807, 2.05) is 0 Å². The van der Waals surface area contributed by atoms with Crippen LogP contribution >= 0.6 is 0 Å². The summed E-state index contributed by atoms with van der Waals surface area (Å²) in [5.74, 6) is -1.35. The van der Waals surface area contributed by atoms with E-state index in [9.17, 15) is 9.59 Å². The van der Waals surface area contributed by atoms with E-state index in [1.54, 1.807) is 36.4 Å². The summed E-state index contributed by atoms with van der Waals surface area (Å²) in [5, 5.41) is 2.50. The highest BCUT2D eigenvalue weighted by Gasteiger charge is 2.18. The highest BCUT2D eigenvalue weighted by molar-refractivity contribution is 6.40. The minimum atomic E-state index is -0.697. The Hall–Kier alpha value is -2.69. The van der Waals surface area contributed by atoms with Crippen molar-refractivity contribution in [1.82, 2.24) is 9.88 Å². The van der Waals surface area contributed by atoms with Crippen LogP contribution in [0.3, 0.4) is 0 Å². The second kappa shape index (κ2) is 5.58. The number of hydrogen-bond donors (Lipinski definition) is 1. The van der Waals surface area contributed by atoms with E-state index in [1.165, 1.54) is 29.7 Å². The Morgan fingerprint density at radius 1 is 1.00 bits per heavy atom. The maximum atomic E-state index is 11.8. The van der Waals surface area contributed by atoms with Crippen molar-refractivity contribution in [2.75, 3.05) is 5.32 Å². The minimum absolute atomic E-state index is 0.532. The van der Waals surface area contributed by atoms with Gasteiger partial charge in [-0.3, -0.25) is 19.5 Å². The third-order valence-corrected chi connectivity index (χ3v) is 2.19. The molecule has 1 N–H and O–H groups in total. The molecule has 0 saturated heterocycles. The zero-order chi connectivity index (χ0) is 12.8. The third kappa shape index (κ3) is 2.91. The van der Waals surface area contributed by atoms with Crippen LogP contribution in [0.2, 0.25) is 0 Å². The van der Waals surface area contributed by atoms with E-state index < -0.39 is 11.8 Å². The Morgan fingerprint density at radius 2 is 1.61 bits per heavy atom. The Balaban J connectivity index is 2.03. The van der Waals surface area contributed by atoms with E-state index in [0.29, 0.717) is 5.69 Å². The van der Waals surface area contributed by atoms with Crippen molar-refractivity contribution < 1.29 is 9.59 Å². The van der Waals surface area contributed by atoms with E-state index in [-0.39, 0.29) is 0 Å². The zero-order valence-electron chi connectivity index (χ0n) is 9.48. The van der Waals surface area contributed by atoms with Gasteiger partial charge in [-0.2, -0.15) is 0 Å². The van der Waals surface area contributed by atoms with Gasteiger partial charge in [-0.25, -0.2) is 0 Å². The molecule has 0 fully saturated rings. The lowest BCUT2D eigenvalue weighted by molar-refractivity contribution is -0.139. The van der Waals surface area contributed by atoms with Crippen LogP contribution in [0.15, 0.2) is 61.2 Å². The highest BCUT2D eigenvalue weighted by Crippen LogP contribution is 2.05. The van der Waals surface area contributed by atoms with Crippen LogP contribution in [-0.2, 0) is 9.59 Å². The molecule has 5 nitrogen and oxygen atoms in total. The molecule has 5 heteroatoms. The molecule has 0 spiro atoms. The number of amides is 2. The first-order chi connectivity index (χ1) is 8.77. The number of carbonyl (C=O) groups is 2. The number of hydrogen-bond acceptors (Lipinski definition) is 3. The maximum Gasteiger partial charge on any atom is 0.320 e. The van der Waals surface area contributed by atoms with Gasteiger partial charge in [0, 0.05) is 30.5 Å². The molecular formula is C13H11N3O2. The predicted molar refractivity (Wildman–Crippen MR) is 67.1 cm³/mol. The average molecular weight is 241 g/mol. The van der Waals surface area contributed by atoms with Crippen molar-refractivity contribution in [2.24, 2.45) is 0 Å². The van der Waals surface area contributed by atoms with Gasteiger partial charge >= 0.3 is 11.8 Å². The molecule has 0 radical (unpaired) electrons. The molecule has 0 saturated carbocycles. The van der Waals surface area contributed by atoms with E-state index in [4.69, 9.17) is 0 Å². The fourth-order valence-corrected chi connectivity index (χ4v) is 1.34. The summed E-state index contributed by atoms with van der Waals surface area (Å²) < 4.78 is 0. The first kappa shape index (κ1) is 11.8. The van der Waals surface area contributed by atoms with Crippen molar-refractivity contribution >= 4 is 17.5 Å². The fraction of sp³-hybridized carbons (Fsp3) is 0. The lowest BCUT2D eigenvalue weighted by atomic mass is 10.4. The average Bonchev–Trinajstić information content (AvgIpc) is 2.68. The van der Waals surface area contributed by atoms with Gasteiger partial charge in [0.25, 0.3) is 0 Å². The summed E-state index contributed by atoms with van der Waals surface area (Å²) in [6.07, 6.45) is 13.0. The lowest BCUT2D eigenvalue weighted by Crippen LogP contribution is -2.33. The zero-order valence-corrected chi connectivity index (χ0v) is 9.48. The summed E-state index contributed by atoms with van der Waals surface area (Å²) in [6.45, 7) is 0. The molecule has 90 valence electrons. The van der Waals surface area contributed by atoms with E-state index in [2.05, 4.69) is 10.3 Å². The molecule has 2 rings (SSSR count). The second-order valence-corrected chi connectivity index (χ2v) is 3.47. The molecular weight excluding hydrogens is 230 g/mol. The van der Waals surface area contributed by atoms with Crippen LogP contribution in [0.1, 0.15) is 0 Å². The van der Waals surface area contributed by atoms with Crippen molar-refractivity contribution in [3.63, 3.8) is 0 Å². The molecule has 0 atom stereocenters. The Labute approximate surface area is 104 Å². The molecule has 2 amide bonds. The predicted octanol–water partition coefficient (Wildman–Crippen LogP) is 1.45. The largest absolute Gasteiger partial charge is 0.320 e. The summed E-state index contributed by atoms with van der Waals surface area (Å²) in [5.41, 5.74) is 0.532. The molecule has 0 aromatic carbocycles. The van der Waals surface area contributed by atoms with Gasteiger partial charge in [0.2, 0.25) is 0 Å². The van der Waals surface area contributed by atoms with E-state index in [0.717, 1.165) is 0 Å². The van der Waals surface area contributed by atoms with Crippen LogP contribution in [0.4, 0.5) is 5.69 Å². The SMILES string of the molecule is O=C(Nc1ccncc1)C(=O)N1C=CC=CC=C1. The standard InChI is InChI=1S/C13H11N3O2/c17-12(15-11-5-7-14-8-6-11)13(18)16-9-3-1-2-4-10-16/h1-10H,(H,14,15,17). The van der Waals surface area contributed by atoms with Crippen molar-refractivity contribution in [3.8, 4) is 0 Å². The molecule has 18 heavy (non-hydrogen) atoms. The summed E-state index contributed by atoms with van der Waals surface area (Å²) in [7, 11) is 0. The first-order valence-corrected chi connectivity index (χ1v) is 5.33. The quantitative estimate of drug-likeness (QED) is 0.757. The molecule has 0 bridgehead atoms. The van der Waals surface area contributed by atoms with Crippen molar-refractivity contribution in [1.29, 1.82) is 0 Å². The number of pyridine rings is 1. The van der Waals surface area contributed by atoms with Crippen LogP contribution in [-0.4, -0.2) is 21.7 Å². The lowest BCUT2D eigenvalue weighted by Gasteiger charge is -2.12. The van der Waals surface area contributed by atoms with Gasteiger partial charge in [-0.05, 0) is 24.3 Å². The summed E-state index contributed by atoms with van der Waals surface area (Å²) >= 11 is 0. The number of rotatable bonds is 1. The maximum absolute atomic E-state index is 11.8.